The highest BCUT2D eigenvalue weighted by Crippen LogP contribution is 2.30. The standard InChI is InChI=1S/C19H25NO5S/c1-12-8-14(3)19(9-13(12)2)26(22,23)20-11-16(21)15-6-7-17(24-4)18(10-15)25-5/h6-10,16,20-21H,11H2,1-5H3. The van der Waals surface area contributed by atoms with Gasteiger partial charge in [0.1, 0.15) is 0 Å². The number of hydrogen-bond donors (Lipinski definition) is 2. The van der Waals surface area contributed by atoms with Crippen molar-refractivity contribution in [2.75, 3.05) is 20.8 Å². The van der Waals surface area contributed by atoms with Crippen LogP contribution in [0.2, 0.25) is 0 Å². The number of aryl methyl sites for hydroxylation is 3. The fourth-order valence-electron chi connectivity index (χ4n) is 2.67. The van der Waals surface area contributed by atoms with Gasteiger partial charge in [-0.3, -0.25) is 0 Å². The molecule has 2 aromatic rings. The lowest BCUT2D eigenvalue weighted by Gasteiger charge is -2.16. The quantitative estimate of drug-likeness (QED) is 0.773. The first-order valence-corrected chi connectivity index (χ1v) is 9.65. The monoisotopic (exact) mass is 379 g/mol. The molecule has 1 unspecified atom stereocenters. The van der Waals surface area contributed by atoms with Crippen molar-refractivity contribution in [1.29, 1.82) is 0 Å². The summed E-state index contributed by atoms with van der Waals surface area (Å²) in [6.07, 6.45) is -1.02. The Bertz CT molecular complexity index is 893. The molecule has 26 heavy (non-hydrogen) atoms. The molecule has 0 saturated carbocycles. The third-order valence-corrected chi connectivity index (χ3v) is 5.91. The molecule has 142 valence electrons. The van der Waals surface area contributed by atoms with Crippen molar-refractivity contribution in [2.24, 2.45) is 0 Å². The van der Waals surface area contributed by atoms with Crippen LogP contribution in [0.4, 0.5) is 0 Å². The molecule has 2 N–H and O–H groups in total. The van der Waals surface area contributed by atoms with Gasteiger partial charge in [-0.15, -0.1) is 0 Å². The van der Waals surface area contributed by atoms with Crippen LogP contribution in [0.3, 0.4) is 0 Å². The molecule has 0 aromatic heterocycles. The molecule has 0 bridgehead atoms. The second-order valence-electron chi connectivity index (χ2n) is 6.18. The number of aliphatic hydroxyl groups is 1. The van der Waals surface area contributed by atoms with Crippen LogP contribution in [0, 0.1) is 20.8 Å². The van der Waals surface area contributed by atoms with E-state index >= 15 is 0 Å². The van der Waals surface area contributed by atoms with Crippen molar-refractivity contribution in [3.63, 3.8) is 0 Å². The first-order valence-electron chi connectivity index (χ1n) is 8.17. The maximum atomic E-state index is 12.6. The van der Waals surface area contributed by atoms with Crippen molar-refractivity contribution in [2.45, 2.75) is 31.8 Å². The predicted molar refractivity (Wildman–Crippen MR) is 100 cm³/mol. The Morgan fingerprint density at radius 3 is 2.19 bits per heavy atom. The Balaban J connectivity index is 2.18. The van der Waals surface area contributed by atoms with Gasteiger partial charge >= 0.3 is 0 Å². The highest BCUT2D eigenvalue weighted by Gasteiger charge is 2.20. The molecule has 2 rings (SSSR count). The Labute approximate surface area is 154 Å². The number of methoxy groups -OCH3 is 2. The number of benzene rings is 2. The average Bonchev–Trinajstić information content (AvgIpc) is 2.61. The van der Waals surface area contributed by atoms with E-state index in [1.165, 1.54) is 14.2 Å². The fourth-order valence-corrected chi connectivity index (χ4v) is 4.02. The summed E-state index contributed by atoms with van der Waals surface area (Å²) >= 11 is 0. The molecular formula is C19H25NO5S. The summed E-state index contributed by atoms with van der Waals surface area (Å²) in [5, 5.41) is 10.4. The Morgan fingerprint density at radius 2 is 1.58 bits per heavy atom. The summed E-state index contributed by atoms with van der Waals surface area (Å²) in [6, 6.07) is 8.45. The normalized spacial score (nSPS) is 12.7. The molecule has 0 aliphatic carbocycles. The highest BCUT2D eigenvalue weighted by atomic mass is 32.2. The summed E-state index contributed by atoms with van der Waals surface area (Å²) in [6.45, 7) is 5.41. The minimum atomic E-state index is -3.73. The second-order valence-corrected chi connectivity index (χ2v) is 7.92. The summed E-state index contributed by atoms with van der Waals surface area (Å²) < 4.78 is 38.1. The van der Waals surface area contributed by atoms with E-state index < -0.39 is 16.1 Å². The lowest BCUT2D eigenvalue weighted by molar-refractivity contribution is 0.181. The molecule has 0 aliphatic heterocycles. The van der Waals surface area contributed by atoms with E-state index in [0.717, 1.165) is 11.1 Å². The van der Waals surface area contributed by atoms with E-state index in [4.69, 9.17) is 9.47 Å². The Hall–Kier alpha value is -2.09. The van der Waals surface area contributed by atoms with Crippen molar-refractivity contribution in [3.05, 3.63) is 52.6 Å². The predicted octanol–water partition coefficient (Wildman–Crippen LogP) is 2.64. The minimum absolute atomic E-state index is 0.149. The van der Waals surface area contributed by atoms with Gasteiger partial charge in [0.15, 0.2) is 11.5 Å². The van der Waals surface area contributed by atoms with Gasteiger partial charge in [0, 0.05) is 6.54 Å². The minimum Gasteiger partial charge on any atom is -0.493 e. The maximum absolute atomic E-state index is 12.6. The molecule has 6 nitrogen and oxygen atoms in total. The Kier molecular flexibility index (Phi) is 6.28. The molecule has 0 spiro atoms. The van der Waals surface area contributed by atoms with Gasteiger partial charge in [0.05, 0.1) is 25.2 Å². The first kappa shape index (κ1) is 20.2. The van der Waals surface area contributed by atoms with Crippen LogP contribution in [-0.2, 0) is 10.0 Å². The van der Waals surface area contributed by atoms with Gasteiger partial charge in [0.25, 0.3) is 0 Å². The zero-order chi connectivity index (χ0) is 19.5. The number of hydrogen-bond acceptors (Lipinski definition) is 5. The highest BCUT2D eigenvalue weighted by molar-refractivity contribution is 7.89. The van der Waals surface area contributed by atoms with E-state index in [9.17, 15) is 13.5 Å². The molecule has 2 aromatic carbocycles. The van der Waals surface area contributed by atoms with Gasteiger partial charge in [-0.2, -0.15) is 0 Å². The largest absolute Gasteiger partial charge is 0.493 e. The van der Waals surface area contributed by atoms with Crippen molar-refractivity contribution < 1.29 is 23.0 Å². The molecule has 0 radical (unpaired) electrons. The SMILES string of the molecule is COc1ccc(C(O)CNS(=O)(=O)c2cc(C)c(C)cc2C)cc1OC. The van der Waals surface area contributed by atoms with Crippen LogP contribution in [-0.4, -0.2) is 34.3 Å². The number of nitrogens with one attached hydrogen (secondary N) is 1. The second kappa shape index (κ2) is 8.07. The van der Waals surface area contributed by atoms with Crippen molar-refractivity contribution in [1.82, 2.24) is 4.72 Å². The zero-order valence-corrected chi connectivity index (χ0v) is 16.5. The van der Waals surface area contributed by atoms with Crippen LogP contribution in [0.15, 0.2) is 35.2 Å². The van der Waals surface area contributed by atoms with Crippen LogP contribution in [0.1, 0.15) is 28.4 Å². The van der Waals surface area contributed by atoms with Crippen LogP contribution in [0.25, 0.3) is 0 Å². The fraction of sp³-hybridized carbons (Fsp3) is 0.368. The van der Waals surface area contributed by atoms with Gasteiger partial charge in [-0.1, -0.05) is 12.1 Å². The number of aliphatic hydroxyl groups excluding tert-OH is 1. The molecule has 7 heteroatoms. The average molecular weight is 379 g/mol. The van der Waals surface area contributed by atoms with Crippen molar-refractivity contribution >= 4 is 10.0 Å². The first-order chi connectivity index (χ1) is 12.2. The smallest absolute Gasteiger partial charge is 0.240 e. The van der Waals surface area contributed by atoms with Crippen LogP contribution in [0.5, 0.6) is 11.5 Å². The lowest BCUT2D eigenvalue weighted by Crippen LogP contribution is -2.29. The third kappa shape index (κ3) is 4.35. The summed E-state index contributed by atoms with van der Waals surface area (Å²) in [7, 11) is -0.707. The van der Waals surface area contributed by atoms with Crippen LogP contribution < -0.4 is 14.2 Å². The van der Waals surface area contributed by atoms with Gasteiger partial charge < -0.3 is 14.6 Å². The number of sulfonamides is 1. The number of ether oxygens (including phenoxy) is 2. The molecule has 1 atom stereocenters. The number of rotatable bonds is 7. The maximum Gasteiger partial charge on any atom is 0.240 e. The van der Waals surface area contributed by atoms with Crippen LogP contribution >= 0.6 is 0 Å². The topological polar surface area (TPSA) is 84.9 Å². The van der Waals surface area contributed by atoms with Gasteiger partial charge in [0.2, 0.25) is 10.0 Å². The van der Waals surface area contributed by atoms with Gasteiger partial charge in [-0.05, 0) is 61.2 Å². The molecule has 0 aliphatic rings. The summed E-state index contributed by atoms with van der Waals surface area (Å²) in [5.74, 6) is 1.01. The lowest BCUT2D eigenvalue weighted by atomic mass is 10.1. The van der Waals surface area contributed by atoms with E-state index in [0.29, 0.717) is 22.6 Å². The third-order valence-electron chi connectivity index (χ3n) is 4.34. The molecule has 0 fully saturated rings. The van der Waals surface area contributed by atoms with Gasteiger partial charge in [-0.25, -0.2) is 13.1 Å². The molecular weight excluding hydrogens is 354 g/mol. The summed E-state index contributed by atoms with van der Waals surface area (Å²) in [4.78, 5) is 0.222. The van der Waals surface area contributed by atoms with E-state index in [2.05, 4.69) is 4.72 Å². The zero-order valence-electron chi connectivity index (χ0n) is 15.7. The molecule has 0 saturated heterocycles. The van der Waals surface area contributed by atoms with E-state index in [1.54, 1.807) is 31.2 Å². The Morgan fingerprint density at radius 1 is 0.962 bits per heavy atom. The summed E-state index contributed by atoms with van der Waals surface area (Å²) in [5.41, 5.74) is 3.13. The molecule has 0 amide bonds. The van der Waals surface area contributed by atoms with Crippen molar-refractivity contribution in [3.8, 4) is 11.5 Å². The molecule has 0 heterocycles. The van der Waals surface area contributed by atoms with E-state index in [1.807, 2.05) is 19.9 Å². The van der Waals surface area contributed by atoms with E-state index in [-0.39, 0.29) is 11.4 Å².